The number of carbonyl (C=O) groups is 2. The number of fused-ring (bicyclic) bond motifs is 5. The molecular formula is C23H38N6O2. The number of nitrogens with zero attached hydrogens (tertiary/aromatic N) is 4. The van der Waals surface area contributed by atoms with E-state index in [1.807, 2.05) is 6.92 Å². The van der Waals surface area contributed by atoms with Crippen molar-refractivity contribution in [2.24, 2.45) is 28.7 Å². The summed E-state index contributed by atoms with van der Waals surface area (Å²) in [5, 5.41) is 6.60. The second-order valence-corrected chi connectivity index (χ2v) is 9.29. The summed E-state index contributed by atoms with van der Waals surface area (Å²) in [6.45, 7) is 14.5. The number of hydrogen-bond donors (Lipinski definition) is 2. The van der Waals surface area contributed by atoms with Gasteiger partial charge >= 0.3 is 0 Å². The van der Waals surface area contributed by atoms with Gasteiger partial charge in [-0.15, -0.1) is 0 Å². The van der Waals surface area contributed by atoms with Gasteiger partial charge in [0.05, 0.1) is 18.4 Å². The van der Waals surface area contributed by atoms with Gasteiger partial charge in [0, 0.05) is 51.9 Å². The fourth-order valence-electron chi connectivity index (χ4n) is 5.67. The molecule has 2 amide bonds. The quantitative estimate of drug-likeness (QED) is 0.251. The van der Waals surface area contributed by atoms with E-state index in [1.165, 1.54) is 4.90 Å². The van der Waals surface area contributed by atoms with Crippen molar-refractivity contribution in [2.75, 3.05) is 58.9 Å². The number of likely N-dealkylation sites (N-methyl/N-ethyl adjacent to an activating group) is 1. The van der Waals surface area contributed by atoms with Crippen molar-refractivity contribution >= 4 is 17.8 Å². The number of likely N-dealkylation sites (tertiary alicyclic amines) is 1. The summed E-state index contributed by atoms with van der Waals surface area (Å²) in [6.07, 6.45) is 5.25. The highest BCUT2D eigenvalue weighted by Gasteiger charge is 2.58. The van der Waals surface area contributed by atoms with Crippen molar-refractivity contribution in [1.82, 2.24) is 25.3 Å². The molecule has 0 spiro atoms. The van der Waals surface area contributed by atoms with E-state index < -0.39 is 0 Å². The number of piperazine rings is 1. The van der Waals surface area contributed by atoms with Gasteiger partial charge in [-0.25, -0.2) is 0 Å². The number of imide groups is 1. The van der Waals surface area contributed by atoms with Gasteiger partial charge in [0.15, 0.2) is 5.96 Å². The minimum atomic E-state index is -0.113. The van der Waals surface area contributed by atoms with Crippen LogP contribution in [0, 0.1) is 23.7 Å². The van der Waals surface area contributed by atoms with Crippen molar-refractivity contribution in [3.63, 3.8) is 0 Å². The van der Waals surface area contributed by atoms with Crippen LogP contribution in [0.2, 0.25) is 0 Å². The van der Waals surface area contributed by atoms with Crippen LogP contribution in [0.15, 0.2) is 17.1 Å². The third kappa shape index (κ3) is 4.51. The van der Waals surface area contributed by atoms with Crippen LogP contribution in [-0.4, -0.2) is 97.4 Å². The lowest BCUT2D eigenvalue weighted by atomic mass is 9.85. The summed E-state index contributed by atoms with van der Waals surface area (Å²) in [6, 6.07) is 0.388. The smallest absolute Gasteiger partial charge is 0.233 e. The van der Waals surface area contributed by atoms with Gasteiger partial charge in [-0.1, -0.05) is 19.1 Å². The molecule has 1 saturated carbocycles. The highest BCUT2D eigenvalue weighted by molar-refractivity contribution is 6.06. The van der Waals surface area contributed by atoms with E-state index in [9.17, 15) is 9.59 Å². The minimum Gasteiger partial charge on any atom is -0.357 e. The molecule has 2 aliphatic heterocycles. The lowest BCUT2D eigenvalue weighted by molar-refractivity contribution is -0.140. The zero-order valence-corrected chi connectivity index (χ0v) is 19.2. The molecule has 0 radical (unpaired) electrons. The van der Waals surface area contributed by atoms with Crippen LogP contribution in [0.4, 0.5) is 0 Å². The van der Waals surface area contributed by atoms with E-state index in [0.717, 1.165) is 58.2 Å². The van der Waals surface area contributed by atoms with E-state index in [2.05, 4.69) is 46.4 Å². The molecule has 3 fully saturated rings. The molecule has 5 unspecified atom stereocenters. The fourth-order valence-corrected chi connectivity index (χ4v) is 5.67. The first kappa shape index (κ1) is 22.3. The number of hydrogen-bond acceptors (Lipinski definition) is 5. The van der Waals surface area contributed by atoms with Crippen LogP contribution < -0.4 is 10.6 Å². The van der Waals surface area contributed by atoms with Crippen molar-refractivity contribution in [3.8, 4) is 0 Å². The number of guanidine groups is 1. The maximum atomic E-state index is 12.8. The molecule has 2 heterocycles. The van der Waals surface area contributed by atoms with Crippen LogP contribution in [0.1, 0.15) is 27.2 Å². The molecule has 172 valence electrons. The molecule has 0 aromatic heterocycles. The summed E-state index contributed by atoms with van der Waals surface area (Å²) in [5.41, 5.74) is 0. The number of amides is 2. The van der Waals surface area contributed by atoms with Crippen molar-refractivity contribution in [2.45, 2.75) is 33.2 Å². The molecule has 0 aromatic rings. The molecule has 5 atom stereocenters. The standard InChI is InChI=1S/C23H38N6O2/c1-4-24-23(26-15-16(3)28-12-10-27(5-2)11-13-28)25-8-9-29-21(30)19-17-6-7-18(14-17)20(19)22(29)31/h6-7,16-20H,4-5,8-15H2,1-3H3,(H2,24,25,26). The Bertz CT molecular complexity index is 700. The third-order valence-electron chi connectivity index (χ3n) is 7.52. The van der Waals surface area contributed by atoms with E-state index in [-0.39, 0.29) is 35.5 Å². The van der Waals surface area contributed by atoms with E-state index in [0.29, 0.717) is 19.1 Å². The highest BCUT2D eigenvalue weighted by Crippen LogP contribution is 2.52. The third-order valence-corrected chi connectivity index (χ3v) is 7.52. The van der Waals surface area contributed by atoms with Crippen LogP contribution in [0.5, 0.6) is 0 Å². The zero-order valence-electron chi connectivity index (χ0n) is 19.2. The van der Waals surface area contributed by atoms with Gasteiger partial charge < -0.3 is 15.5 Å². The second kappa shape index (κ2) is 9.69. The summed E-state index contributed by atoms with van der Waals surface area (Å²) in [4.78, 5) is 36.8. The number of nitrogens with one attached hydrogen (secondary N) is 2. The lowest BCUT2D eigenvalue weighted by Gasteiger charge is -2.37. The summed E-state index contributed by atoms with van der Waals surface area (Å²) < 4.78 is 0. The van der Waals surface area contributed by atoms with Crippen molar-refractivity contribution in [1.29, 1.82) is 0 Å². The van der Waals surface area contributed by atoms with Crippen LogP contribution in [0.3, 0.4) is 0 Å². The number of aliphatic imine (C=N–C) groups is 1. The van der Waals surface area contributed by atoms with E-state index >= 15 is 0 Å². The molecule has 31 heavy (non-hydrogen) atoms. The zero-order chi connectivity index (χ0) is 22.0. The molecule has 4 aliphatic rings. The Hall–Kier alpha value is -1.93. The predicted molar refractivity (Wildman–Crippen MR) is 122 cm³/mol. The first-order chi connectivity index (χ1) is 15.0. The summed E-state index contributed by atoms with van der Waals surface area (Å²) >= 11 is 0. The number of carbonyl (C=O) groups excluding carboxylic acids is 2. The van der Waals surface area contributed by atoms with Gasteiger partial charge in [-0.2, -0.15) is 0 Å². The van der Waals surface area contributed by atoms with Gasteiger partial charge in [-0.3, -0.25) is 24.4 Å². The Labute approximate surface area is 186 Å². The average molecular weight is 431 g/mol. The van der Waals surface area contributed by atoms with Crippen molar-refractivity contribution in [3.05, 3.63) is 12.2 Å². The molecule has 2 N–H and O–H groups in total. The Balaban J connectivity index is 1.25. The van der Waals surface area contributed by atoms with Gasteiger partial charge in [-0.05, 0) is 38.6 Å². The molecule has 4 rings (SSSR count). The summed E-state index contributed by atoms with van der Waals surface area (Å²) in [5.74, 6) is 1.11. The first-order valence-electron chi connectivity index (χ1n) is 12.1. The second-order valence-electron chi connectivity index (χ2n) is 9.29. The minimum absolute atomic E-state index is 0.0235. The Morgan fingerprint density at radius 1 is 1.06 bits per heavy atom. The monoisotopic (exact) mass is 430 g/mol. The molecule has 2 bridgehead atoms. The number of rotatable bonds is 8. The van der Waals surface area contributed by atoms with E-state index in [1.54, 1.807) is 0 Å². The lowest BCUT2D eigenvalue weighted by Crippen LogP contribution is -2.50. The van der Waals surface area contributed by atoms with E-state index in [4.69, 9.17) is 4.99 Å². The highest BCUT2D eigenvalue weighted by atomic mass is 16.2. The summed E-state index contributed by atoms with van der Waals surface area (Å²) in [7, 11) is 0. The Kier molecular flexibility index (Phi) is 6.96. The van der Waals surface area contributed by atoms with Crippen LogP contribution >= 0.6 is 0 Å². The SMILES string of the molecule is CCNC(=NCC(C)N1CCN(CC)CC1)NCCN1C(=O)C2C3C=CC(C3)C2C1=O. The average Bonchev–Trinajstić information content (AvgIpc) is 3.47. The molecule has 8 heteroatoms. The normalized spacial score (nSPS) is 32.1. The van der Waals surface area contributed by atoms with Crippen LogP contribution in [0.25, 0.3) is 0 Å². The molecule has 2 aliphatic carbocycles. The fraction of sp³-hybridized carbons (Fsp3) is 0.783. The maximum absolute atomic E-state index is 12.8. The first-order valence-corrected chi connectivity index (χ1v) is 12.1. The largest absolute Gasteiger partial charge is 0.357 e. The van der Waals surface area contributed by atoms with Gasteiger partial charge in [0.1, 0.15) is 0 Å². The van der Waals surface area contributed by atoms with Gasteiger partial charge in [0.25, 0.3) is 0 Å². The number of allylic oxidation sites excluding steroid dienone is 2. The van der Waals surface area contributed by atoms with Crippen molar-refractivity contribution < 1.29 is 9.59 Å². The van der Waals surface area contributed by atoms with Crippen LogP contribution in [-0.2, 0) is 9.59 Å². The molecule has 0 aromatic carbocycles. The molecule has 8 nitrogen and oxygen atoms in total. The van der Waals surface area contributed by atoms with Gasteiger partial charge in [0.2, 0.25) is 11.8 Å². The Morgan fingerprint density at radius 3 is 2.29 bits per heavy atom. The molecule has 2 saturated heterocycles. The predicted octanol–water partition coefficient (Wildman–Crippen LogP) is 0.375. The maximum Gasteiger partial charge on any atom is 0.233 e. The topological polar surface area (TPSA) is 80.3 Å². The molecular weight excluding hydrogens is 392 g/mol. The Morgan fingerprint density at radius 2 is 1.71 bits per heavy atom.